The van der Waals surface area contributed by atoms with Gasteiger partial charge in [0.15, 0.2) is 0 Å². The highest BCUT2D eigenvalue weighted by molar-refractivity contribution is 5.85. The predicted molar refractivity (Wildman–Crippen MR) is 57.7 cm³/mol. The van der Waals surface area contributed by atoms with Crippen LogP contribution in [0.3, 0.4) is 0 Å². The largest absolute Gasteiger partial charge is 0.477 e. The van der Waals surface area contributed by atoms with Gasteiger partial charge in [0, 0.05) is 5.41 Å². The third-order valence-corrected chi connectivity index (χ3v) is 2.69. The number of hydrogen-bond donors (Lipinski definition) is 1. The summed E-state index contributed by atoms with van der Waals surface area (Å²) in [4.78, 5) is 11.1. The third-order valence-electron chi connectivity index (χ3n) is 2.69. The number of rotatable bonds is 2. The molecule has 0 spiro atoms. The molecule has 0 aliphatic carbocycles. The Morgan fingerprint density at radius 1 is 1.56 bits per heavy atom. The molecule has 5 nitrogen and oxygen atoms in total. The maximum absolute atomic E-state index is 11.1. The summed E-state index contributed by atoms with van der Waals surface area (Å²) in [7, 11) is 0. The van der Waals surface area contributed by atoms with Crippen LogP contribution in [0.2, 0.25) is 0 Å². The van der Waals surface area contributed by atoms with Gasteiger partial charge in [-0.15, -0.1) is 0 Å². The lowest BCUT2D eigenvalue weighted by molar-refractivity contribution is -0.0302. The van der Waals surface area contributed by atoms with Crippen molar-refractivity contribution in [3.8, 4) is 0 Å². The molecule has 2 rings (SSSR count). The van der Waals surface area contributed by atoms with Gasteiger partial charge < -0.3 is 9.84 Å². The van der Waals surface area contributed by atoms with Crippen LogP contribution in [0.15, 0.2) is 6.07 Å². The van der Waals surface area contributed by atoms with E-state index in [1.807, 2.05) is 20.8 Å². The SMILES string of the molecule is CC(C)(C)c1cc(C(=O)O)n(C2COC2)n1. The number of carboxylic acid groups (broad SMARTS) is 1. The van der Waals surface area contributed by atoms with Gasteiger partial charge in [-0.25, -0.2) is 4.79 Å². The average Bonchev–Trinajstić information content (AvgIpc) is 2.44. The Labute approximate surface area is 94.0 Å². The highest BCUT2D eigenvalue weighted by Crippen LogP contribution is 2.25. The number of carbonyl (C=O) groups is 1. The Balaban J connectivity index is 2.41. The van der Waals surface area contributed by atoms with Crippen LogP contribution in [0.25, 0.3) is 0 Å². The molecule has 1 fully saturated rings. The number of aromatic carboxylic acids is 1. The van der Waals surface area contributed by atoms with Crippen LogP contribution < -0.4 is 0 Å². The van der Waals surface area contributed by atoms with E-state index >= 15 is 0 Å². The van der Waals surface area contributed by atoms with Crippen molar-refractivity contribution < 1.29 is 14.6 Å². The van der Waals surface area contributed by atoms with Gasteiger partial charge in [0.05, 0.1) is 24.9 Å². The van der Waals surface area contributed by atoms with E-state index in [1.165, 1.54) is 0 Å². The summed E-state index contributed by atoms with van der Waals surface area (Å²) in [5, 5.41) is 13.5. The summed E-state index contributed by atoms with van der Waals surface area (Å²) in [6.07, 6.45) is 0. The van der Waals surface area contributed by atoms with Crippen LogP contribution in [-0.2, 0) is 10.2 Å². The normalized spacial score (nSPS) is 17.2. The number of carboxylic acids is 1. The van der Waals surface area contributed by atoms with Gasteiger partial charge >= 0.3 is 5.97 Å². The Kier molecular flexibility index (Phi) is 2.50. The first-order valence-corrected chi connectivity index (χ1v) is 5.30. The molecule has 16 heavy (non-hydrogen) atoms. The molecule has 0 saturated carbocycles. The van der Waals surface area contributed by atoms with Crippen LogP contribution in [0.5, 0.6) is 0 Å². The Hall–Kier alpha value is -1.36. The average molecular weight is 224 g/mol. The summed E-state index contributed by atoms with van der Waals surface area (Å²) in [5.41, 5.74) is 0.912. The third kappa shape index (κ3) is 1.82. The van der Waals surface area contributed by atoms with E-state index in [9.17, 15) is 4.79 Å². The van der Waals surface area contributed by atoms with Crippen molar-refractivity contribution in [3.63, 3.8) is 0 Å². The van der Waals surface area contributed by atoms with Crippen LogP contribution in [0.1, 0.15) is 43.0 Å². The molecule has 0 bridgehead atoms. The Bertz CT molecular complexity index is 413. The number of hydrogen-bond acceptors (Lipinski definition) is 3. The molecule has 1 aromatic rings. The molecule has 0 aromatic carbocycles. The Morgan fingerprint density at radius 2 is 2.19 bits per heavy atom. The van der Waals surface area contributed by atoms with Crippen LogP contribution in [0.4, 0.5) is 0 Å². The van der Waals surface area contributed by atoms with Crippen molar-refractivity contribution in [1.29, 1.82) is 0 Å². The first-order valence-electron chi connectivity index (χ1n) is 5.30. The van der Waals surface area contributed by atoms with Crippen molar-refractivity contribution in [3.05, 3.63) is 17.5 Å². The van der Waals surface area contributed by atoms with E-state index in [0.717, 1.165) is 5.69 Å². The molecule has 0 amide bonds. The molecule has 0 unspecified atom stereocenters. The molecule has 5 heteroatoms. The lowest BCUT2D eigenvalue weighted by atomic mass is 9.92. The maximum Gasteiger partial charge on any atom is 0.354 e. The topological polar surface area (TPSA) is 64.3 Å². The van der Waals surface area contributed by atoms with Gasteiger partial charge in [0.25, 0.3) is 0 Å². The molecule has 1 N–H and O–H groups in total. The van der Waals surface area contributed by atoms with E-state index in [1.54, 1.807) is 10.7 Å². The van der Waals surface area contributed by atoms with E-state index in [2.05, 4.69) is 5.10 Å². The second kappa shape index (κ2) is 3.59. The van der Waals surface area contributed by atoms with Gasteiger partial charge in [-0.3, -0.25) is 4.68 Å². The molecule has 1 aromatic heterocycles. The molecule has 0 atom stereocenters. The molecule has 1 aliphatic rings. The lowest BCUT2D eigenvalue weighted by Crippen LogP contribution is -2.33. The fraction of sp³-hybridized carbons (Fsp3) is 0.636. The fourth-order valence-corrected chi connectivity index (χ4v) is 1.56. The van der Waals surface area contributed by atoms with Crippen molar-refractivity contribution in [2.45, 2.75) is 32.2 Å². The fourth-order valence-electron chi connectivity index (χ4n) is 1.56. The van der Waals surface area contributed by atoms with Crippen molar-refractivity contribution in [2.24, 2.45) is 0 Å². The summed E-state index contributed by atoms with van der Waals surface area (Å²) >= 11 is 0. The number of aromatic nitrogens is 2. The van der Waals surface area contributed by atoms with Crippen LogP contribution in [-0.4, -0.2) is 34.1 Å². The van der Waals surface area contributed by atoms with Gasteiger partial charge in [-0.05, 0) is 6.07 Å². The number of ether oxygens (including phenoxy) is 1. The van der Waals surface area contributed by atoms with Crippen LogP contribution in [0, 0.1) is 0 Å². The molecule has 1 aliphatic heterocycles. The first kappa shape index (κ1) is 11.1. The zero-order chi connectivity index (χ0) is 11.9. The molecule has 88 valence electrons. The van der Waals surface area contributed by atoms with Crippen molar-refractivity contribution in [1.82, 2.24) is 9.78 Å². The number of nitrogens with zero attached hydrogens (tertiary/aromatic N) is 2. The monoisotopic (exact) mass is 224 g/mol. The second-order valence-electron chi connectivity index (χ2n) is 5.11. The summed E-state index contributed by atoms with van der Waals surface area (Å²) in [6, 6.07) is 1.72. The first-order chi connectivity index (χ1) is 7.39. The quantitative estimate of drug-likeness (QED) is 0.825. The van der Waals surface area contributed by atoms with Crippen molar-refractivity contribution >= 4 is 5.97 Å². The standard InChI is InChI=1S/C11H16N2O3/c1-11(2,3)9-4-8(10(14)15)13(12-9)7-5-16-6-7/h4,7H,5-6H2,1-3H3,(H,14,15). The zero-order valence-electron chi connectivity index (χ0n) is 9.73. The summed E-state index contributed by atoms with van der Waals surface area (Å²) < 4.78 is 6.64. The summed E-state index contributed by atoms with van der Waals surface area (Å²) in [6.45, 7) is 7.14. The van der Waals surface area contributed by atoms with Gasteiger partial charge in [-0.1, -0.05) is 20.8 Å². The molecule has 2 heterocycles. The van der Waals surface area contributed by atoms with E-state index < -0.39 is 5.97 Å². The van der Waals surface area contributed by atoms with E-state index in [-0.39, 0.29) is 17.2 Å². The van der Waals surface area contributed by atoms with Crippen LogP contribution >= 0.6 is 0 Å². The second-order valence-corrected chi connectivity index (χ2v) is 5.11. The highest BCUT2D eigenvalue weighted by Gasteiger charge is 2.29. The van der Waals surface area contributed by atoms with Crippen molar-refractivity contribution in [2.75, 3.05) is 13.2 Å². The molecular formula is C11H16N2O3. The molecular weight excluding hydrogens is 208 g/mol. The highest BCUT2D eigenvalue weighted by atomic mass is 16.5. The maximum atomic E-state index is 11.1. The van der Waals surface area contributed by atoms with Gasteiger partial charge in [0.2, 0.25) is 0 Å². The minimum atomic E-state index is -0.935. The van der Waals surface area contributed by atoms with E-state index in [4.69, 9.17) is 9.84 Å². The Morgan fingerprint density at radius 3 is 2.56 bits per heavy atom. The predicted octanol–water partition coefficient (Wildman–Crippen LogP) is 1.45. The van der Waals surface area contributed by atoms with Gasteiger partial charge in [-0.2, -0.15) is 5.10 Å². The molecule has 1 saturated heterocycles. The smallest absolute Gasteiger partial charge is 0.354 e. The summed E-state index contributed by atoms with van der Waals surface area (Å²) in [5.74, 6) is -0.935. The van der Waals surface area contributed by atoms with Gasteiger partial charge in [0.1, 0.15) is 5.69 Å². The van der Waals surface area contributed by atoms with E-state index in [0.29, 0.717) is 13.2 Å². The molecule has 0 radical (unpaired) electrons. The minimum absolute atomic E-state index is 0.0715. The lowest BCUT2D eigenvalue weighted by Gasteiger charge is -2.27. The minimum Gasteiger partial charge on any atom is -0.477 e. The zero-order valence-corrected chi connectivity index (χ0v) is 9.73.